The summed E-state index contributed by atoms with van der Waals surface area (Å²) in [5, 5.41) is 29.2. The number of aromatic amines is 1. The summed E-state index contributed by atoms with van der Waals surface area (Å²) in [6.07, 6.45) is 5.66. The third kappa shape index (κ3) is 3.81. The Morgan fingerprint density at radius 3 is 2.54 bits per heavy atom. The van der Waals surface area contributed by atoms with Crippen LogP contribution in [0.1, 0.15) is 49.8 Å². The number of phenolic OH excluding ortho intramolecular Hbond substituents is 2. The molecular weight excluding hydrogens is 348 g/mol. The van der Waals surface area contributed by atoms with Crippen LogP contribution in [0.4, 0.5) is 0 Å². The lowest BCUT2D eigenvalue weighted by Gasteiger charge is -2.19. The van der Waals surface area contributed by atoms with Gasteiger partial charge in [0.1, 0.15) is 11.5 Å². The van der Waals surface area contributed by atoms with Crippen molar-refractivity contribution in [3.05, 3.63) is 59.8 Å². The van der Waals surface area contributed by atoms with Crippen LogP contribution in [0.25, 0.3) is 28.0 Å². The van der Waals surface area contributed by atoms with E-state index in [-0.39, 0.29) is 11.5 Å². The zero-order valence-corrected chi connectivity index (χ0v) is 16.8. The first-order valence-corrected chi connectivity index (χ1v) is 9.78. The molecule has 4 heteroatoms. The maximum absolute atomic E-state index is 11.3. The fourth-order valence-electron chi connectivity index (χ4n) is 3.67. The second-order valence-corrected chi connectivity index (χ2v) is 7.41. The molecule has 0 amide bonds. The molecule has 0 fully saturated rings. The van der Waals surface area contributed by atoms with Crippen LogP contribution in [0, 0.1) is 6.92 Å². The summed E-state index contributed by atoms with van der Waals surface area (Å²) in [5.74, 6) is 0.157. The van der Waals surface area contributed by atoms with E-state index in [2.05, 4.69) is 23.7 Å². The molecule has 0 radical (unpaired) electrons. The maximum atomic E-state index is 11.3. The normalized spacial score (nSPS) is 11.0. The summed E-state index contributed by atoms with van der Waals surface area (Å²) in [4.78, 5) is 0. The Bertz CT molecular complexity index is 988. The maximum Gasteiger partial charge on any atom is 0.136 e. The Hall–Kier alpha value is -3.01. The third-order valence-electron chi connectivity index (χ3n) is 5.09. The van der Waals surface area contributed by atoms with Crippen LogP contribution in [0.5, 0.6) is 11.5 Å². The number of aromatic nitrogens is 2. The van der Waals surface area contributed by atoms with Crippen LogP contribution < -0.4 is 0 Å². The van der Waals surface area contributed by atoms with Crippen molar-refractivity contribution in [2.45, 2.75) is 46.5 Å². The van der Waals surface area contributed by atoms with Crippen molar-refractivity contribution in [2.75, 3.05) is 0 Å². The number of phenols is 2. The number of hydrogen-bond donors (Lipinski definition) is 3. The zero-order valence-electron chi connectivity index (χ0n) is 16.8. The predicted octanol–water partition coefficient (Wildman–Crippen LogP) is 6.23. The number of benzene rings is 2. The second-order valence-electron chi connectivity index (χ2n) is 7.41. The predicted molar refractivity (Wildman–Crippen MR) is 115 cm³/mol. The highest BCUT2D eigenvalue weighted by Crippen LogP contribution is 2.47. The van der Waals surface area contributed by atoms with Crippen molar-refractivity contribution >= 4 is 5.57 Å². The number of unbranched alkanes of at least 4 members (excludes halogenated alkanes) is 2. The largest absolute Gasteiger partial charge is 0.507 e. The summed E-state index contributed by atoms with van der Waals surface area (Å²) in [6.45, 7) is 10.1. The van der Waals surface area contributed by atoms with E-state index >= 15 is 0 Å². The lowest BCUT2D eigenvalue weighted by atomic mass is 9.88. The average Bonchev–Trinajstić information content (AvgIpc) is 3.15. The van der Waals surface area contributed by atoms with Gasteiger partial charge in [-0.2, -0.15) is 5.10 Å². The Balaban J connectivity index is 2.26. The van der Waals surface area contributed by atoms with Crippen molar-refractivity contribution in [3.8, 4) is 33.9 Å². The Morgan fingerprint density at radius 1 is 1.11 bits per heavy atom. The summed E-state index contributed by atoms with van der Waals surface area (Å²) < 4.78 is 0. The van der Waals surface area contributed by atoms with Crippen LogP contribution in [-0.2, 0) is 6.42 Å². The molecule has 146 valence electrons. The average molecular weight is 376 g/mol. The summed E-state index contributed by atoms with van der Waals surface area (Å²) in [7, 11) is 0. The molecule has 0 atom stereocenters. The molecule has 0 spiro atoms. The molecule has 3 N–H and O–H groups in total. The van der Waals surface area contributed by atoms with Crippen LogP contribution in [0.15, 0.2) is 43.1 Å². The molecule has 0 aliphatic carbocycles. The Kier molecular flexibility index (Phi) is 5.88. The summed E-state index contributed by atoms with van der Waals surface area (Å²) >= 11 is 0. The molecule has 4 nitrogen and oxygen atoms in total. The van der Waals surface area contributed by atoms with Crippen molar-refractivity contribution in [1.29, 1.82) is 0 Å². The van der Waals surface area contributed by atoms with Gasteiger partial charge in [0.15, 0.2) is 0 Å². The van der Waals surface area contributed by atoms with E-state index in [9.17, 15) is 10.2 Å². The van der Waals surface area contributed by atoms with Gasteiger partial charge in [0.2, 0.25) is 0 Å². The van der Waals surface area contributed by atoms with Gasteiger partial charge in [-0.05, 0) is 55.5 Å². The Morgan fingerprint density at radius 2 is 1.89 bits per heavy atom. The van der Waals surface area contributed by atoms with Gasteiger partial charge in [0, 0.05) is 11.8 Å². The van der Waals surface area contributed by atoms with E-state index in [1.54, 1.807) is 12.3 Å². The van der Waals surface area contributed by atoms with Crippen molar-refractivity contribution in [3.63, 3.8) is 0 Å². The quantitative estimate of drug-likeness (QED) is 0.428. The Labute approximate surface area is 166 Å². The van der Waals surface area contributed by atoms with E-state index < -0.39 is 0 Å². The van der Waals surface area contributed by atoms with Crippen molar-refractivity contribution < 1.29 is 10.2 Å². The van der Waals surface area contributed by atoms with Gasteiger partial charge in [-0.15, -0.1) is 0 Å². The molecule has 2 aromatic carbocycles. The van der Waals surface area contributed by atoms with Gasteiger partial charge < -0.3 is 10.2 Å². The number of rotatable bonds is 7. The van der Waals surface area contributed by atoms with Crippen LogP contribution in [0.3, 0.4) is 0 Å². The van der Waals surface area contributed by atoms with Gasteiger partial charge in [0.25, 0.3) is 0 Å². The first-order valence-electron chi connectivity index (χ1n) is 9.78. The summed E-state index contributed by atoms with van der Waals surface area (Å²) in [6, 6.07) is 9.60. The lowest BCUT2D eigenvalue weighted by Crippen LogP contribution is -1.97. The van der Waals surface area contributed by atoms with E-state index in [1.165, 1.54) is 0 Å². The number of aromatic hydroxyl groups is 2. The number of allylic oxidation sites excluding steroid dienone is 1. The number of hydrogen-bond acceptors (Lipinski definition) is 3. The molecular formula is C24H28N2O2. The fourth-order valence-corrected chi connectivity index (χ4v) is 3.67. The number of nitrogens with zero attached hydrogens (tertiary/aromatic N) is 1. The monoisotopic (exact) mass is 376 g/mol. The highest BCUT2D eigenvalue weighted by Gasteiger charge is 2.22. The van der Waals surface area contributed by atoms with Gasteiger partial charge in [0.05, 0.1) is 11.3 Å². The minimum Gasteiger partial charge on any atom is -0.507 e. The zero-order chi connectivity index (χ0) is 20.3. The smallest absolute Gasteiger partial charge is 0.136 e. The molecule has 0 saturated heterocycles. The van der Waals surface area contributed by atoms with Crippen molar-refractivity contribution in [2.24, 2.45) is 0 Å². The van der Waals surface area contributed by atoms with Crippen LogP contribution in [-0.4, -0.2) is 20.4 Å². The highest BCUT2D eigenvalue weighted by atomic mass is 16.3. The molecule has 1 aromatic heterocycles. The number of aryl methyl sites for hydroxylation is 2. The van der Waals surface area contributed by atoms with Crippen LogP contribution in [0.2, 0.25) is 0 Å². The molecule has 0 bridgehead atoms. The van der Waals surface area contributed by atoms with Crippen molar-refractivity contribution in [1.82, 2.24) is 10.2 Å². The minimum absolute atomic E-state index is 0.0730. The van der Waals surface area contributed by atoms with Gasteiger partial charge in [-0.25, -0.2) is 0 Å². The minimum atomic E-state index is 0.0730. The summed E-state index contributed by atoms with van der Waals surface area (Å²) in [5.41, 5.74) is 6.42. The van der Waals surface area contributed by atoms with Gasteiger partial charge in [-0.1, -0.05) is 55.7 Å². The van der Waals surface area contributed by atoms with E-state index in [4.69, 9.17) is 0 Å². The molecule has 0 aliphatic rings. The van der Waals surface area contributed by atoms with Crippen LogP contribution >= 0.6 is 0 Å². The molecule has 0 aliphatic heterocycles. The van der Waals surface area contributed by atoms with E-state index in [1.807, 2.05) is 38.1 Å². The first-order chi connectivity index (χ1) is 13.4. The lowest BCUT2D eigenvalue weighted by molar-refractivity contribution is 0.454. The number of nitrogens with one attached hydrogen (secondary N) is 1. The van der Waals surface area contributed by atoms with E-state index in [0.717, 1.165) is 59.2 Å². The molecule has 3 rings (SSSR count). The molecule has 28 heavy (non-hydrogen) atoms. The van der Waals surface area contributed by atoms with E-state index in [0.29, 0.717) is 11.1 Å². The first kappa shape index (κ1) is 19.7. The van der Waals surface area contributed by atoms with Gasteiger partial charge in [-0.3, -0.25) is 5.10 Å². The molecule has 0 saturated carbocycles. The van der Waals surface area contributed by atoms with Gasteiger partial charge >= 0.3 is 0 Å². The molecule has 0 unspecified atom stereocenters. The highest BCUT2D eigenvalue weighted by molar-refractivity contribution is 5.91. The second kappa shape index (κ2) is 8.34. The molecule has 3 aromatic rings. The standard InChI is InChI=1S/C24H28N2O2/c1-5-6-7-8-17-14-21(27)23(24(28)22(17)20-11-12-25-26-20)19-13-16(4)9-10-18(19)15(2)3/h9-14,27-28H,2,5-8H2,1,3-4H3,(H,25,26). The molecule has 1 heterocycles. The topological polar surface area (TPSA) is 69.1 Å². The third-order valence-corrected chi connectivity index (χ3v) is 5.09. The number of H-pyrrole nitrogens is 1. The SMILES string of the molecule is C=C(C)c1ccc(C)cc1-c1c(O)cc(CCCCC)c(-c2ccn[nH]2)c1O. The fraction of sp³-hybridized carbons (Fsp3) is 0.292.